The third kappa shape index (κ3) is 5.08. The Balaban J connectivity index is 1.49. The zero-order valence-electron chi connectivity index (χ0n) is 21.7. The number of aliphatic hydroxyl groups excluding tert-OH is 1. The van der Waals surface area contributed by atoms with Crippen molar-refractivity contribution in [2.45, 2.75) is 38.6 Å². The molecule has 1 unspecified atom stereocenters. The average Bonchev–Trinajstić information content (AvgIpc) is 3.46. The number of hydrogen-bond acceptors (Lipinski definition) is 7. The number of ether oxygens (including phenoxy) is 3. The van der Waals surface area contributed by atoms with Gasteiger partial charge in [-0.25, -0.2) is 0 Å². The Bertz CT molecular complexity index is 1210. The molecule has 0 aromatic heterocycles. The lowest BCUT2D eigenvalue weighted by atomic mass is 9.85. The van der Waals surface area contributed by atoms with E-state index in [1.165, 1.54) is 0 Å². The summed E-state index contributed by atoms with van der Waals surface area (Å²) >= 11 is 0. The van der Waals surface area contributed by atoms with E-state index >= 15 is 0 Å². The Morgan fingerprint density at radius 1 is 0.973 bits per heavy atom. The van der Waals surface area contributed by atoms with Gasteiger partial charge in [0.2, 0.25) is 6.79 Å². The predicted molar refractivity (Wildman–Crippen MR) is 139 cm³/mol. The van der Waals surface area contributed by atoms with Crippen molar-refractivity contribution in [3.8, 4) is 11.5 Å². The fourth-order valence-electron chi connectivity index (χ4n) is 5.11. The summed E-state index contributed by atoms with van der Waals surface area (Å²) in [5.74, 6) is -0.401. The Morgan fingerprint density at radius 2 is 1.68 bits per heavy atom. The number of aliphatic hydroxyl groups is 1. The second kappa shape index (κ2) is 10.2. The molecule has 3 heterocycles. The molecule has 2 saturated heterocycles. The highest BCUT2D eigenvalue weighted by Gasteiger charge is 2.46. The smallest absolute Gasteiger partial charge is 0.295 e. The quantitative estimate of drug-likeness (QED) is 0.362. The summed E-state index contributed by atoms with van der Waals surface area (Å²) in [6.07, 6.45) is 0.716. The van der Waals surface area contributed by atoms with E-state index in [0.29, 0.717) is 43.2 Å². The largest absolute Gasteiger partial charge is 0.507 e. The number of benzene rings is 2. The SMILES string of the molecule is CC(C)(C)c1ccc(C2/C(=C(\O)c3ccc4c(c3)OCO4)C(=O)C(=O)N2CCCN2CCOCC2)cc1. The van der Waals surface area contributed by atoms with Gasteiger partial charge in [0, 0.05) is 31.7 Å². The molecule has 2 aromatic carbocycles. The molecule has 0 saturated carbocycles. The number of likely N-dealkylation sites (tertiary alicyclic amines) is 1. The number of rotatable bonds is 6. The molecule has 3 aliphatic rings. The number of carbonyl (C=O) groups is 2. The molecule has 8 heteroatoms. The van der Waals surface area contributed by atoms with E-state index in [1.54, 1.807) is 23.1 Å². The second-order valence-corrected chi connectivity index (χ2v) is 10.7. The van der Waals surface area contributed by atoms with Crippen LogP contribution >= 0.6 is 0 Å². The van der Waals surface area contributed by atoms with Gasteiger partial charge in [0.15, 0.2) is 11.5 Å². The van der Waals surface area contributed by atoms with Crippen LogP contribution in [-0.2, 0) is 19.7 Å². The minimum atomic E-state index is -0.677. The lowest BCUT2D eigenvalue weighted by molar-refractivity contribution is -0.140. The van der Waals surface area contributed by atoms with Crippen molar-refractivity contribution >= 4 is 17.4 Å². The van der Waals surface area contributed by atoms with Gasteiger partial charge in [-0.2, -0.15) is 0 Å². The van der Waals surface area contributed by atoms with Crippen LogP contribution in [0, 0.1) is 0 Å². The first-order valence-electron chi connectivity index (χ1n) is 12.8. The summed E-state index contributed by atoms with van der Waals surface area (Å²) in [6.45, 7) is 10.9. The Labute approximate surface area is 217 Å². The molecule has 1 atom stereocenters. The number of Topliss-reactive ketones (excluding diaryl/α,β-unsaturated/α-hetero) is 1. The normalized spacial score (nSPS) is 21.6. The van der Waals surface area contributed by atoms with Gasteiger partial charge in [0.05, 0.1) is 24.8 Å². The summed E-state index contributed by atoms with van der Waals surface area (Å²) in [5.41, 5.74) is 2.41. The maximum absolute atomic E-state index is 13.3. The van der Waals surface area contributed by atoms with Gasteiger partial charge in [-0.05, 0) is 41.2 Å². The Morgan fingerprint density at radius 3 is 2.38 bits per heavy atom. The molecule has 1 N–H and O–H groups in total. The molecule has 2 aromatic rings. The van der Waals surface area contributed by atoms with E-state index in [9.17, 15) is 14.7 Å². The first-order valence-corrected chi connectivity index (χ1v) is 12.8. The molecule has 0 aliphatic carbocycles. The molecule has 8 nitrogen and oxygen atoms in total. The van der Waals surface area contributed by atoms with Crippen LogP contribution in [0.2, 0.25) is 0 Å². The van der Waals surface area contributed by atoms with Crippen molar-refractivity contribution in [2.24, 2.45) is 0 Å². The molecular formula is C29H34N2O6. The van der Waals surface area contributed by atoms with Crippen molar-refractivity contribution in [3.05, 3.63) is 64.7 Å². The van der Waals surface area contributed by atoms with E-state index in [2.05, 4.69) is 25.7 Å². The Kier molecular flexibility index (Phi) is 6.96. The summed E-state index contributed by atoms with van der Waals surface area (Å²) in [5, 5.41) is 11.4. The molecule has 5 rings (SSSR count). The fraction of sp³-hybridized carbons (Fsp3) is 0.448. The number of morpholine rings is 1. The van der Waals surface area contributed by atoms with Gasteiger partial charge in [-0.1, -0.05) is 45.0 Å². The molecule has 0 radical (unpaired) electrons. The zero-order valence-corrected chi connectivity index (χ0v) is 21.7. The standard InChI is InChI=1S/C29H34N2O6/c1-29(2,3)21-8-5-19(6-9-21)25-24(26(32)20-7-10-22-23(17-20)37-18-36-22)27(33)28(34)31(25)12-4-11-30-13-15-35-16-14-30/h5-10,17,25,32H,4,11-16,18H2,1-3H3/b26-24+. The highest BCUT2D eigenvalue weighted by atomic mass is 16.7. The third-order valence-electron chi connectivity index (χ3n) is 7.26. The fourth-order valence-corrected chi connectivity index (χ4v) is 5.11. The highest BCUT2D eigenvalue weighted by molar-refractivity contribution is 6.46. The van der Waals surface area contributed by atoms with Crippen LogP contribution in [0.15, 0.2) is 48.0 Å². The predicted octanol–water partition coefficient (Wildman–Crippen LogP) is 3.86. The van der Waals surface area contributed by atoms with Crippen LogP contribution in [0.4, 0.5) is 0 Å². The first-order chi connectivity index (χ1) is 17.7. The summed E-state index contributed by atoms with van der Waals surface area (Å²) < 4.78 is 16.3. The van der Waals surface area contributed by atoms with E-state index in [0.717, 1.165) is 30.8 Å². The van der Waals surface area contributed by atoms with E-state index in [4.69, 9.17) is 14.2 Å². The van der Waals surface area contributed by atoms with Gasteiger partial charge in [-0.3, -0.25) is 14.5 Å². The monoisotopic (exact) mass is 506 g/mol. The molecular weight excluding hydrogens is 472 g/mol. The number of amides is 1. The lowest BCUT2D eigenvalue weighted by Crippen LogP contribution is -2.39. The number of carbonyl (C=O) groups excluding carboxylic acids is 2. The molecule has 3 aliphatic heterocycles. The summed E-state index contributed by atoms with van der Waals surface area (Å²) in [7, 11) is 0. The molecule has 1 amide bonds. The lowest BCUT2D eigenvalue weighted by Gasteiger charge is -2.29. The molecule has 196 valence electrons. The molecule has 0 spiro atoms. The average molecular weight is 507 g/mol. The van der Waals surface area contributed by atoms with Crippen LogP contribution in [0.1, 0.15) is 49.9 Å². The van der Waals surface area contributed by atoms with Gasteiger partial charge in [0.25, 0.3) is 11.7 Å². The maximum atomic E-state index is 13.3. The summed E-state index contributed by atoms with van der Waals surface area (Å²) in [4.78, 5) is 30.5. The maximum Gasteiger partial charge on any atom is 0.295 e. The van der Waals surface area contributed by atoms with Crippen molar-refractivity contribution in [1.82, 2.24) is 9.80 Å². The topological polar surface area (TPSA) is 88.5 Å². The van der Waals surface area contributed by atoms with Gasteiger partial charge >= 0.3 is 0 Å². The number of fused-ring (bicyclic) bond motifs is 1. The number of nitrogens with zero attached hydrogens (tertiary/aromatic N) is 2. The zero-order chi connectivity index (χ0) is 26.2. The van der Waals surface area contributed by atoms with E-state index in [1.807, 2.05) is 24.3 Å². The first kappa shape index (κ1) is 25.3. The van der Waals surface area contributed by atoms with Crippen LogP contribution in [-0.4, -0.2) is 72.8 Å². The van der Waals surface area contributed by atoms with Crippen molar-refractivity contribution in [3.63, 3.8) is 0 Å². The summed E-state index contributed by atoms with van der Waals surface area (Å²) in [6, 6.07) is 12.3. The van der Waals surface area contributed by atoms with E-state index in [-0.39, 0.29) is 23.5 Å². The molecule has 2 fully saturated rings. The van der Waals surface area contributed by atoms with Crippen LogP contribution in [0.3, 0.4) is 0 Å². The Hall–Kier alpha value is -3.36. The third-order valence-corrected chi connectivity index (χ3v) is 7.26. The molecule has 0 bridgehead atoms. The number of hydrogen-bond donors (Lipinski definition) is 1. The minimum Gasteiger partial charge on any atom is -0.507 e. The van der Waals surface area contributed by atoms with Gasteiger partial charge in [0.1, 0.15) is 5.76 Å². The second-order valence-electron chi connectivity index (χ2n) is 10.7. The highest BCUT2D eigenvalue weighted by Crippen LogP contribution is 2.42. The molecule has 37 heavy (non-hydrogen) atoms. The van der Waals surface area contributed by atoms with Crippen molar-refractivity contribution in [1.29, 1.82) is 0 Å². The van der Waals surface area contributed by atoms with Crippen LogP contribution in [0.5, 0.6) is 11.5 Å². The van der Waals surface area contributed by atoms with Gasteiger partial charge in [-0.15, -0.1) is 0 Å². The van der Waals surface area contributed by atoms with E-state index < -0.39 is 17.7 Å². The van der Waals surface area contributed by atoms with Crippen molar-refractivity contribution in [2.75, 3.05) is 46.2 Å². The van der Waals surface area contributed by atoms with Crippen LogP contribution < -0.4 is 9.47 Å². The number of ketones is 1. The van der Waals surface area contributed by atoms with Gasteiger partial charge < -0.3 is 24.2 Å². The van der Waals surface area contributed by atoms with Crippen LogP contribution in [0.25, 0.3) is 5.76 Å². The minimum absolute atomic E-state index is 0.0367. The van der Waals surface area contributed by atoms with Crippen molar-refractivity contribution < 1.29 is 28.9 Å².